The van der Waals surface area contributed by atoms with Crippen LogP contribution in [0.5, 0.6) is 5.75 Å². The molecule has 0 fully saturated rings. The van der Waals surface area contributed by atoms with Crippen LogP contribution >= 0.6 is 11.6 Å². The van der Waals surface area contributed by atoms with E-state index in [2.05, 4.69) is 5.32 Å². The van der Waals surface area contributed by atoms with Crippen LogP contribution < -0.4 is 10.1 Å². The number of furan rings is 1. The van der Waals surface area contributed by atoms with Crippen molar-refractivity contribution in [3.05, 3.63) is 52.9 Å². The quantitative estimate of drug-likeness (QED) is 0.860. The molecular formula is C15H16ClNO4. The molecule has 21 heavy (non-hydrogen) atoms. The number of amides is 1. The molecule has 0 aliphatic carbocycles. The zero-order valence-electron chi connectivity index (χ0n) is 11.5. The number of rotatable bonds is 6. The largest absolute Gasteiger partial charge is 0.484 e. The second-order valence-corrected chi connectivity index (χ2v) is 4.92. The molecule has 1 unspecified atom stereocenters. The van der Waals surface area contributed by atoms with E-state index >= 15 is 0 Å². The summed E-state index contributed by atoms with van der Waals surface area (Å²) >= 11 is 5.92. The first-order valence-electron chi connectivity index (χ1n) is 6.42. The summed E-state index contributed by atoms with van der Waals surface area (Å²) in [5.41, 5.74) is 0.874. The second kappa shape index (κ2) is 7.15. The Kier molecular flexibility index (Phi) is 5.25. The van der Waals surface area contributed by atoms with Crippen molar-refractivity contribution in [2.24, 2.45) is 0 Å². The van der Waals surface area contributed by atoms with E-state index in [4.69, 9.17) is 20.8 Å². The standard InChI is InChI=1S/C15H16ClNO4/c1-10-7-11(4-5-12(10)16)21-9-15(19)17-13(8-18)14-3-2-6-20-14/h2-7,13,18H,8-9H2,1H3,(H,17,19). The van der Waals surface area contributed by atoms with Crippen LogP contribution in [0.1, 0.15) is 17.4 Å². The van der Waals surface area contributed by atoms with Gasteiger partial charge in [-0.2, -0.15) is 0 Å². The van der Waals surface area contributed by atoms with E-state index in [1.807, 2.05) is 6.92 Å². The van der Waals surface area contributed by atoms with E-state index in [1.54, 1.807) is 30.3 Å². The minimum Gasteiger partial charge on any atom is -0.484 e. The number of halogens is 1. The maximum Gasteiger partial charge on any atom is 0.258 e. The van der Waals surface area contributed by atoms with Crippen molar-refractivity contribution < 1.29 is 19.1 Å². The van der Waals surface area contributed by atoms with Crippen molar-refractivity contribution in [3.63, 3.8) is 0 Å². The molecule has 0 bridgehead atoms. The van der Waals surface area contributed by atoms with Crippen LogP contribution in [-0.2, 0) is 4.79 Å². The molecule has 2 rings (SSSR count). The lowest BCUT2D eigenvalue weighted by molar-refractivity contribution is -0.124. The van der Waals surface area contributed by atoms with Gasteiger partial charge in [-0.25, -0.2) is 0 Å². The lowest BCUT2D eigenvalue weighted by atomic mass is 10.2. The second-order valence-electron chi connectivity index (χ2n) is 4.52. The van der Waals surface area contributed by atoms with Crippen LogP contribution in [0.3, 0.4) is 0 Å². The molecule has 0 radical (unpaired) electrons. The third kappa shape index (κ3) is 4.24. The van der Waals surface area contributed by atoms with E-state index in [1.165, 1.54) is 6.26 Å². The van der Waals surface area contributed by atoms with Crippen LogP contribution in [0.25, 0.3) is 0 Å². The highest BCUT2D eigenvalue weighted by Gasteiger charge is 2.16. The minimum absolute atomic E-state index is 0.154. The molecule has 1 heterocycles. The SMILES string of the molecule is Cc1cc(OCC(=O)NC(CO)c2ccco2)ccc1Cl. The Labute approximate surface area is 127 Å². The Morgan fingerprint density at radius 3 is 2.90 bits per heavy atom. The summed E-state index contributed by atoms with van der Waals surface area (Å²) in [5.74, 6) is 0.705. The molecule has 112 valence electrons. The Morgan fingerprint density at radius 1 is 1.48 bits per heavy atom. The summed E-state index contributed by atoms with van der Waals surface area (Å²) in [7, 11) is 0. The number of nitrogens with one attached hydrogen (secondary N) is 1. The summed E-state index contributed by atoms with van der Waals surface area (Å²) < 4.78 is 10.5. The van der Waals surface area contributed by atoms with Gasteiger partial charge in [-0.1, -0.05) is 11.6 Å². The monoisotopic (exact) mass is 309 g/mol. The van der Waals surface area contributed by atoms with Gasteiger partial charge in [0.05, 0.1) is 12.9 Å². The number of aliphatic hydroxyl groups is 1. The van der Waals surface area contributed by atoms with Gasteiger partial charge in [0.2, 0.25) is 0 Å². The Balaban J connectivity index is 1.88. The summed E-state index contributed by atoms with van der Waals surface area (Å²) in [6, 6.07) is 7.96. The maximum absolute atomic E-state index is 11.8. The molecule has 2 aromatic rings. The van der Waals surface area contributed by atoms with Crippen molar-refractivity contribution in [2.75, 3.05) is 13.2 Å². The van der Waals surface area contributed by atoms with E-state index in [0.717, 1.165) is 5.56 Å². The van der Waals surface area contributed by atoms with Gasteiger partial charge in [-0.15, -0.1) is 0 Å². The fourth-order valence-electron chi connectivity index (χ4n) is 1.79. The first-order chi connectivity index (χ1) is 10.1. The van der Waals surface area contributed by atoms with Gasteiger partial charge >= 0.3 is 0 Å². The van der Waals surface area contributed by atoms with Crippen LogP contribution in [0.4, 0.5) is 0 Å². The number of carbonyl (C=O) groups is 1. The first kappa shape index (κ1) is 15.4. The average Bonchev–Trinajstić information content (AvgIpc) is 3.00. The molecule has 1 aromatic carbocycles. The highest BCUT2D eigenvalue weighted by Crippen LogP contribution is 2.21. The zero-order valence-corrected chi connectivity index (χ0v) is 12.3. The molecule has 1 aromatic heterocycles. The van der Waals surface area contributed by atoms with Crippen molar-refractivity contribution in [1.82, 2.24) is 5.32 Å². The van der Waals surface area contributed by atoms with Crippen LogP contribution in [-0.4, -0.2) is 24.2 Å². The Bertz CT molecular complexity index is 598. The minimum atomic E-state index is -0.581. The molecule has 0 spiro atoms. The Hall–Kier alpha value is -1.98. The number of aliphatic hydroxyl groups excluding tert-OH is 1. The van der Waals surface area contributed by atoms with E-state index in [9.17, 15) is 9.90 Å². The molecule has 1 atom stereocenters. The van der Waals surface area contributed by atoms with E-state index in [0.29, 0.717) is 16.5 Å². The number of aryl methyl sites for hydroxylation is 1. The molecule has 6 heteroatoms. The summed E-state index contributed by atoms with van der Waals surface area (Å²) in [6.07, 6.45) is 1.48. The molecule has 5 nitrogen and oxygen atoms in total. The van der Waals surface area contributed by atoms with Gasteiger partial charge in [0.25, 0.3) is 5.91 Å². The number of benzene rings is 1. The summed E-state index contributed by atoms with van der Waals surface area (Å²) in [6.45, 7) is 1.45. The van der Waals surface area contributed by atoms with E-state index in [-0.39, 0.29) is 19.1 Å². The van der Waals surface area contributed by atoms with Crippen molar-refractivity contribution in [2.45, 2.75) is 13.0 Å². The fourth-order valence-corrected chi connectivity index (χ4v) is 1.91. The van der Waals surface area contributed by atoms with E-state index < -0.39 is 6.04 Å². The molecule has 0 aliphatic heterocycles. The predicted octanol–water partition coefficient (Wildman–Crippen LogP) is 2.47. The zero-order chi connectivity index (χ0) is 15.2. The van der Waals surface area contributed by atoms with Crippen molar-refractivity contribution in [3.8, 4) is 5.75 Å². The molecule has 0 aliphatic rings. The van der Waals surface area contributed by atoms with Gasteiger partial charge in [0.1, 0.15) is 17.6 Å². The number of hydrogen-bond acceptors (Lipinski definition) is 4. The number of hydrogen-bond donors (Lipinski definition) is 2. The molecule has 1 amide bonds. The lowest BCUT2D eigenvalue weighted by Crippen LogP contribution is -2.34. The third-order valence-electron chi connectivity index (χ3n) is 2.90. The van der Waals surface area contributed by atoms with Gasteiger partial charge in [-0.05, 0) is 42.8 Å². The molecule has 0 saturated heterocycles. The lowest BCUT2D eigenvalue weighted by Gasteiger charge is -2.14. The van der Waals surface area contributed by atoms with Crippen LogP contribution in [0, 0.1) is 6.92 Å². The van der Waals surface area contributed by atoms with Gasteiger partial charge in [0.15, 0.2) is 6.61 Å². The predicted molar refractivity (Wildman–Crippen MR) is 78.4 cm³/mol. The highest BCUT2D eigenvalue weighted by atomic mass is 35.5. The first-order valence-corrected chi connectivity index (χ1v) is 6.80. The molecule has 2 N–H and O–H groups in total. The normalized spacial score (nSPS) is 12.0. The molecule has 0 saturated carbocycles. The van der Waals surface area contributed by atoms with Gasteiger partial charge in [-0.3, -0.25) is 4.79 Å². The topological polar surface area (TPSA) is 71.7 Å². The van der Waals surface area contributed by atoms with Gasteiger partial charge < -0.3 is 19.6 Å². The van der Waals surface area contributed by atoms with Crippen LogP contribution in [0.15, 0.2) is 41.0 Å². The summed E-state index contributed by atoms with van der Waals surface area (Å²) in [4.78, 5) is 11.8. The number of carbonyl (C=O) groups excluding carboxylic acids is 1. The highest BCUT2D eigenvalue weighted by molar-refractivity contribution is 6.31. The summed E-state index contributed by atoms with van der Waals surface area (Å²) in [5, 5.41) is 12.5. The van der Waals surface area contributed by atoms with Crippen LogP contribution in [0.2, 0.25) is 5.02 Å². The van der Waals surface area contributed by atoms with Gasteiger partial charge in [0, 0.05) is 5.02 Å². The maximum atomic E-state index is 11.8. The third-order valence-corrected chi connectivity index (χ3v) is 3.33. The van der Waals surface area contributed by atoms with Crippen molar-refractivity contribution in [1.29, 1.82) is 0 Å². The molecular weight excluding hydrogens is 294 g/mol. The average molecular weight is 310 g/mol. The Morgan fingerprint density at radius 2 is 2.29 bits per heavy atom. The smallest absolute Gasteiger partial charge is 0.258 e. The fraction of sp³-hybridized carbons (Fsp3) is 0.267. The van der Waals surface area contributed by atoms with Crippen molar-refractivity contribution >= 4 is 17.5 Å². The number of ether oxygens (including phenoxy) is 1.